The molecule has 2 rings (SSSR count). The van der Waals surface area contributed by atoms with Crippen LogP contribution in [-0.4, -0.2) is 46.4 Å². The average Bonchev–Trinajstić information content (AvgIpc) is 2.87. The summed E-state index contributed by atoms with van der Waals surface area (Å²) in [6.07, 6.45) is -0.739. The van der Waals surface area contributed by atoms with E-state index in [9.17, 15) is 9.50 Å². The van der Waals surface area contributed by atoms with Gasteiger partial charge in [-0.05, 0) is 31.3 Å². The summed E-state index contributed by atoms with van der Waals surface area (Å²) in [5.74, 6) is -0.262. The number of aliphatic hydroxyl groups excluding tert-OH is 2. The van der Waals surface area contributed by atoms with E-state index in [0.717, 1.165) is 16.3 Å². The average molecular weight is 296 g/mol. The molecule has 0 fully saturated rings. The Kier molecular flexibility index (Phi) is 5.19. The summed E-state index contributed by atoms with van der Waals surface area (Å²) >= 11 is 1.52. The predicted molar refractivity (Wildman–Crippen MR) is 76.9 cm³/mol. The Labute approximate surface area is 121 Å². The highest BCUT2D eigenvalue weighted by atomic mass is 32.1. The van der Waals surface area contributed by atoms with E-state index in [0.29, 0.717) is 13.1 Å². The summed E-state index contributed by atoms with van der Waals surface area (Å²) < 4.78 is 12.9. The second-order valence-electron chi connectivity index (χ2n) is 4.67. The van der Waals surface area contributed by atoms with E-state index in [-0.39, 0.29) is 12.4 Å². The third-order valence-electron chi connectivity index (χ3n) is 2.83. The van der Waals surface area contributed by atoms with Crippen molar-refractivity contribution in [3.8, 4) is 11.3 Å². The van der Waals surface area contributed by atoms with Crippen LogP contribution in [-0.2, 0) is 6.54 Å². The van der Waals surface area contributed by atoms with Gasteiger partial charge in [0.1, 0.15) is 10.8 Å². The molecule has 2 N–H and O–H groups in total. The maximum absolute atomic E-state index is 12.9. The van der Waals surface area contributed by atoms with Crippen LogP contribution in [0.5, 0.6) is 0 Å². The van der Waals surface area contributed by atoms with E-state index >= 15 is 0 Å². The van der Waals surface area contributed by atoms with Gasteiger partial charge in [-0.2, -0.15) is 0 Å². The number of benzene rings is 1. The monoisotopic (exact) mass is 296 g/mol. The van der Waals surface area contributed by atoms with Crippen LogP contribution in [0.1, 0.15) is 5.01 Å². The minimum Gasteiger partial charge on any atom is -0.394 e. The van der Waals surface area contributed by atoms with Gasteiger partial charge in [0.2, 0.25) is 0 Å². The summed E-state index contributed by atoms with van der Waals surface area (Å²) in [4.78, 5) is 6.39. The van der Waals surface area contributed by atoms with Crippen molar-refractivity contribution in [2.75, 3.05) is 20.2 Å². The summed E-state index contributed by atoms with van der Waals surface area (Å²) in [6.45, 7) is 0.744. The summed E-state index contributed by atoms with van der Waals surface area (Å²) in [5.41, 5.74) is 1.70. The second-order valence-corrected chi connectivity index (χ2v) is 5.61. The van der Waals surface area contributed by atoms with Crippen LogP contribution in [0.2, 0.25) is 0 Å². The number of nitrogens with zero attached hydrogens (tertiary/aromatic N) is 2. The first-order valence-electron chi connectivity index (χ1n) is 6.26. The van der Waals surface area contributed by atoms with Gasteiger partial charge in [-0.25, -0.2) is 9.37 Å². The molecule has 0 aliphatic rings. The lowest BCUT2D eigenvalue weighted by Gasteiger charge is -2.17. The van der Waals surface area contributed by atoms with Gasteiger partial charge in [-0.1, -0.05) is 0 Å². The highest BCUT2D eigenvalue weighted by Crippen LogP contribution is 2.22. The first-order chi connectivity index (χ1) is 9.58. The Morgan fingerprint density at radius 2 is 2.05 bits per heavy atom. The molecule has 1 aromatic heterocycles. The van der Waals surface area contributed by atoms with E-state index in [4.69, 9.17) is 5.11 Å². The van der Waals surface area contributed by atoms with Crippen molar-refractivity contribution in [2.24, 2.45) is 0 Å². The minimum absolute atomic E-state index is 0.247. The Morgan fingerprint density at radius 3 is 2.70 bits per heavy atom. The highest BCUT2D eigenvalue weighted by molar-refractivity contribution is 7.09. The van der Waals surface area contributed by atoms with Gasteiger partial charge in [0.05, 0.1) is 24.9 Å². The summed E-state index contributed by atoms with van der Waals surface area (Å²) in [6, 6.07) is 6.23. The topological polar surface area (TPSA) is 56.6 Å². The predicted octanol–water partition coefficient (Wildman–Crippen LogP) is 1.73. The number of hydrogen-bond acceptors (Lipinski definition) is 5. The van der Waals surface area contributed by atoms with Crippen LogP contribution in [0.4, 0.5) is 4.39 Å². The van der Waals surface area contributed by atoms with E-state index < -0.39 is 6.10 Å². The normalized spacial score (nSPS) is 12.8. The molecule has 4 nitrogen and oxygen atoms in total. The fourth-order valence-electron chi connectivity index (χ4n) is 1.85. The smallest absolute Gasteiger partial charge is 0.123 e. The van der Waals surface area contributed by atoms with Crippen molar-refractivity contribution in [3.05, 3.63) is 40.5 Å². The molecule has 1 atom stereocenters. The van der Waals surface area contributed by atoms with E-state index in [1.807, 2.05) is 17.3 Å². The molecule has 6 heteroatoms. The number of halogens is 1. The van der Waals surface area contributed by atoms with Gasteiger partial charge in [0.15, 0.2) is 0 Å². The molecule has 0 saturated heterocycles. The molecular formula is C14H17FN2O2S. The first-order valence-corrected chi connectivity index (χ1v) is 7.14. The van der Waals surface area contributed by atoms with Crippen molar-refractivity contribution in [1.29, 1.82) is 0 Å². The maximum Gasteiger partial charge on any atom is 0.123 e. The molecule has 20 heavy (non-hydrogen) atoms. The number of hydrogen-bond donors (Lipinski definition) is 2. The van der Waals surface area contributed by atoms with Crippen LogP contribution < -0.4 is 0 Å². The first kappa shape index (κ1) is 15.1. The fraction of sp³-hybridized carbons (Fsp3) is 0.357. The van der Waals surface area contributed by atoms with Crippen LogP contribution in [0, 0.1) is 5.82 Å². The lowest BCUT2D eigenvalue weighted by Crippen LogP contribution is -2.30. The van der Waals surface area contributed by atoms with Crippen molar-refractivity contribution >= 4 is 11.3 Å². The summed E-state index contributed by atoms with van der Waals surface area (Å²) in [5, 5.41) is 21.0. The lowest BCUT2D eigenvalue weighted by molar-refractivity contribution is 0.0648. The molecular weight excluding hydrogens is 279 g/mol. The van der Waals surface area contributed by atoms with Crippen LogP contribution >= 0.6 is 11.3 Å². The fourth-order valence-corrected chi connectivity index (χ4v) is 2.73. The largest absolute Gasteiger partial charge is 0.394 e. The van der Waals surface area contributed by atoms with Gasteiger partial charge < -0.3 is 10.2 Å². The SMILES string of the molecule is CN(Cc1nc(-c2ccc(F)cc2)cs1)C[C@H](O)CO. The van der Waals surface area contributed by atoms with E-state index in [2.05, 4.69) is 4.98 Å². The highest BCUT2D eigenvalue weighted by Gasteiger charge is 2.10. The molecule has 1 heterocycles. The number of aliphatic hydroxyl groups is 2. The van der Waals surface area contributed by atoms with Gasteiger partial charge in [-0.15, -0.1) is 11.3 Å². The zero-order chi connectivity index (χ0) is 14.5. The van der Waals surface area contributed by atoms with Gasteiger partial charge in [0, 0.05) is 17.5 Å². The van der Waals surface area contributed by atoms with Crippen molar-refractivity contribution < 1.29 is 14.6 Å². The van der Waals surface area contributed by atoms with Crippen LogP contribution in [0.25, 0.3) is 11.3 Å². The van der Waals surface area contributed by atoms with Gasteiger partial charge in [-0.3, -0.25) is 4.90 Å². The molecule has 0 amide bonds. The molecule has 2 aromatic rings. The van der Waals surface area contributed by atoms with Gasteiger partial charge >= 0.3 is 0 Å². The Hall–Kier alpha value is -1.34. The molecule has 0 aliphatic carbocycles. The molecule has 0 radical (unpaired) electrons. The lowest BCUT2D eigenvalue weighted by atomic mass is 10.2. The molecule has 0 unspecified atom stereocenters. The zero-order valence-corrected chi connectivity index (χ0v) is 12.0. The van der Waals surface area contributed by atoms with Gasteiger partial charge in [0.25, 0.3) is 0 Å². The third-order valence-corrected chi connectivity index (χ3v) is 3.66. The quantitative estimate of drug-likeness (QED) is 0.852. The standard InChI is InChI=1S/C14H17FN2O2S/c1-17(6-12(19)8-18)7-14-16-13(9-20-14)10-2-4-11(15)5-3-10/h2-5,9,12,18-19H,6-8H2,1H3/t12-/m0/s1. The number of thiazole rings is 1. The third kappa shape index (κ3) is 4.08. The number of aromatic nitrogens is 1. The molecule has 108 valence electrons. The molecule has 0 bridgehead atoms. The molecule has 1 aromatic carbocycles. The Balaban J connectivity index is 2.00. The molecule has 0 aliphatic heterocycles. The van der Waals surface area contributed by atoms with E-state index in [1.165, 1.54) is 23.5 Å². The van der Waals surface area contributed by atoms with Crippen molar-refractivity contribution in [1.82, 2.24) is 9.88 Å². The van der Waals surface area contributed by atoms with Crippen molar-refractivity contribution in [2.45, 2.75) is 12.6 Å². The molecule has 0 saturated carbocycles. The summed E-state index contributed by atoms with van der Waals surface area (Å²) in [7, 11) is 1.86. The van der Waals surface area contributed by atoms with Crippen molar-refractivity contribution in [3.63, 3.8) is 0 Å². The Morgan fingerprint density at radius 1 is 1.35 bits per heavy atom. The second kappa shape index (κ2) is 6.90. The zero-order valence-electron chi connectivity index (χ0n) is 11.2. The number of likely N-dealkylation sites (N-methyl/N-ethyl adjacent to an activating group) is 1. The van der Waals surface area contributed by atoms with Crippen LogP contribution in [0.3, 0.4) is 0 Å². The molecule has 0 spiro atoms. The minimum atomic E-state index is -0.739. The van der Waals surface area contributed by atoms with E-state index in [1.54, 1.807) is 12.1 Å². The maximum atomic E-state index is 12.9. The number of rotatable bonds is 6. The Bertz CT molecular complexity index is 544. The van der Waals surface area contributed by atoms with Crippen LogP contribution in [0.15, 0.2) is 29.6 Å².